The van der Waals surface area contributed by atoms with Gasteiger partial charge in [0, 0.05) is 12.8 Å². The molecule has 0 spiro atoms. The molecule has 22 heavy (non-hydrogen) atoms. The molecule has 0 saturated carbocycles. The molecular formula is C20H21OP. The van der Waals surface area contributed by atoms with E-state index in [1.165, 1.54) is 16.2 Å². The van der Waals surface area contributed by atoms with E-state index < -0.39 is 7.92 Å². The summed E-state index contributed by atoms with van der Waals surface area (Å²) in [5, 5.41) is 2.82. The van der Waals surface area contributed by atoms with Crippen molar-refractivity contribution in [3.05, 3.63) is 84.5 Å². The Hall–Kier alpha value is -1.69. The molecule has 1 nitrogen and oxygen atoms in total. The average molecular weight is 308 g/mol. The fourth-order valence-corrected chi connectivity index (χ4v) is 5.67. The summed E-state index contributed by atoms with van der Waals surface area (Å²) in [6.45, 7) is 2.13. The molecule has 0 saturated heterocycles. The van der Waals surface area contributed by atoms with Crippen LogP contribution in [0.25, 0.3) is 0 Å². The molecular weight excluding hydrogens is 287 g/mol. The lowest BCUT2D eigenvalue weighted by Gasteiger charge is -2.29. The molecule has 0 aromatic heterocycles. The lowest BCUT2D eigenvalue weighted by Crippen LogP contribution is -2.25. The van der Waals surface area contributed by atoms with Crippen LogP contribution in [0.15, 0.2) is 84.5 Å². The molecule has 2 atom stereocenters. The van der Waals surface area contributed by atoms with Gasteiger partial charge in [-0.2, -0.15) is 0 Å². The van der Waals surface area contributed by atoms with Crippen LogP contribution in [0.2, 0.25) is 0 Å². The molecule has 0 fully saturated rings. The van der Waals surface area contributed by atoms with E-state index in [4.69, 9.17) is 4.74 Å². The molecule has 3 rings (SSSR count). The first-order valence-corrected chi connectivity index (χ1v) is 9.02. The van der Waals surface area contributed by atoms with Crippen molar-refractivity contribution in [3.63, 3.8) is 0 Å². The van der Waals surface area contributed by atoms with Crippen molar-refractivity contribution in [3.8, 4) is 0 Å². The van der Waals surface area contributed by atoms with Crippen molar-refractivity contribution in [1.82, 2.24) is 0 Å². The van der Waals surface area contributed by atoms with Gasteiger partial charge in [0.15, 0.2) is 0 Å². The molecule has 0 amide bonds. The molecule has 0 radical (unpaired) electrons. The number of allylic oxidation sites excluding steroid dienone is 3. The summed E-state index contributed by atoms with van der Waals surface area (Å²) in [5.74, 6) is 0. The molecule has 1 aliphatic carbocycles. The minimum Gasteiger partial charge on any atom is -0.377 e. The Morgan fingerprint density at radius 3 is 1.95 bits per heavy atom. The average Bonchev–Trinajstić information content (AvgIpc) is 3.06. The Balaban J connectivity index is 2.03. The van der Waals surface area contributed by atoms with Crippen molar-refractivity contribution in [2.24, 2.45) is 0 Å². The summed E-state index contributed by atoms with van der Waals surface area (Å²) in [6, 6.07) is 21.7. The third kappa shape index (κ3) is 3.06. The zero-order valence-corrected chi connectivity index (χ0v) is 13.9. The van der Waals surface area contributed by atoms with Gasteiger partial charge in [-0.15, -0.1) is 0 Å². The molecule has 0 bridgehead atoms. The van der Waals surface area contributed by atoms with Gasteiger partial charge in [-0.25, -0.2) is 0 Å². The molecule has 1 unspecified atom stereocenters. The lowest BCUT2D eigenvalue weighted by molar-refractivity contribution is 0.146. The summed E-state index contributed by atoms with van der Waals surface area (Å²) < 4.78 is 5.59. The summed E-state index contributed by atoms with van der Waals surface area (Å²) >= 11 is 0. The van der Waals surface area contributed by atoms with Crippen molar-refractivity contribution in [2.45, 2.75) is 18.7 Å². The highest BCUT2D eigenvalue weighted by molar-refractivity contribution is 7.74. The van der Waals surface area contributed by atoms with Gasteiger partial charge in [0.2, 0.25) is 0 Å². The topological polar surface area (TPSA) is 9.23 Å². The summed E-state index contributed by atoms with van der Waals surface area (Å²) in [4.78, 5) is 0. The maximum Gasteiger partial charge on any atom is 0.0765 e. The fraction of sp³-hybridized carbons (Fsp3) is 0.200. The number of rotatable bonds is 5. The zero-order valence-electron chi connectivity index (χ0n) is 13.0. The van der Waals surface area contributed by atoms with E-state index in [-0.39, 0.29) is 6.10 Å². The van der Waals surface area contributed by atoms with Crippen LogP contribution in [-0.4, -0.2) is 18.9 Å². The third-order valence-electron chi connectivity index (χ3n) is 4.09. The Kier molecular flexibility index (Phi) is 4.87. The predicted octanol–water partition coefficient (Wildman–Crippen LogP) is 4.02. The maximum atomic E-state index is 5.59. The Morgan fingerprint density at radius 2 is 1.45 bits per heavy atom. The first-order valence-electron chi connectivity index (χ1n) is 7.61. The van der Waals surface area contributed by atoms with E-state index in [9.17, 15) is 0 Å². The van der Waals surface area contributed by atoms with E-state index in [1.54, 1.807) is 7.11 Å². The summed E-state index contributed by atoms with van der Waals surface area (Å²) in [5.41, 5.74) is 1.79. The zero-order chi connectivity index (χ0) is 15.4. The van der Waals surface area contributed by atoms with Crippen LogP contribution in [0.1, 0.15) is 6.92 Å². The highest BCUT2D eigenvalue weighted by Crippen LogP contribution is 2.46. The first kappa shape index (κ1) is 15.2. The van der Waals surface area contributed by atoms with Gasteiger partial charge in [0.05, 0.1) is 6.10 Å². The number of hydrogen-bond acceptors (Lipinski definition) is 1. The van der Waals surface area contributed by atoms with Crippen molar-refractivity contribution in [2.75, 3.05) is 7.11 Å². The minimum atomic E-state index is -0.465. The van der Waals surface area contributed by atoms with Crippen molar-refractivity contribution in [1.29, 1.82) is 0 Å². The van der Waals surface area contributed by atoms with Crippen LogP contribution in [0.3, 0.4) is 0 Å². The number of hydrogen-bond donors (Lipinski definition) is 0. The van der Waals surface area contributed by atoms with Gasteiger partial charge in [0.25, 0.3) is 0 Å². The van der Waals surface area contributed by atoms with Crippen LogP contribution < -0.4 is 10.6 Å². The van der Waals surface area contributed by atoms with Crippen LogP contribution in [0.5, 0.6) is 0 Å². The molecule has 0 heterocycles. The minimum absolute atomic E-state index is 0.150. The van der Waals surface area contributed by atoms with E-state index in [0.29, 0.717) is 5.66 Å². The Labute approximate surface area is 134 Å². The standard InChI is InChI=1S/C20H21OP/c1-16(21-2)19-14-9-15-20(19)22(17-10-5-3-6-11-17)18-12-7-4-8-13-18/h3-16,20H,1-2H3/t16-,20?/m1/s1. The van der Waals surface area contributed by atoms with Gasteiger partial charge in [-0.1, -0.05) is 78.9 Å². The maximum absolute atomic E-state index is 5.59. The molecule has 2 aromatic rings. The second-order valence-corrected chi connectivity index (χ2v) is 7.74. The van der Waals surface area contributed by atoms with E-state index in [2.05, 4.69) is 85.8 Å². The highest BCUT2D eigenvalue weighted by Gasteiger charge is 2.29. The van der Waals surface area contributed by atoms with Crippen LogP contribution in [0.4, 0.5) is 0 Å². The predicted molar refractivity (Wildman–Crippen MR) is 96.6 cm³/mol. The monoisotopic (exact) mass is 308 g/mol. The normalized spacial score (nSPS) is 18.5. The molecule has 0 N–H and O–H groups in total. The number of benzene rings is 2. The Bertz CT molecular complexity index is 621. The SMILES string of the molecule is CO[C@H](C)C1=CC=CC1P(c1ccccc1)c1ccccc1. The molecule has 112 valence electrons. The van der Waals surface area contributed by atoms with Gasteiger partial charge in [-0.05, 0) is 31.0 Å². The van der Waals surface area contributed by atoms with Gasteiger partial charge in [0.1, 0.15) is 0 Å². The molecule has 2 heteroatoms. The van der Waals surface area contributed by atoms with E-state index >= 15 is 0 Å². The summed E-state index contributed by atoms with van der Waals surface area (Å²) in [6.07, 6.45) is 6.88. The molecule has 1 aliphatic rings. The van der Waals surface area contributed by atoms with Crippen LogP contribution in [0, 0.1) is 0 Å². The number of methoxy groups -OCH3 is 1. The second kappa shape index (κ2) is 7.05. The second-order valence-electron chi connectivity index (χ2n) is 5.42. The summed E-state index contributed by atoms with van der Waals surface area (Å²) in [7, 11) is 1.32. The van der Waals surface area contributed by atoms with E-state index in [0.717, 1.165) is 0 Å². The highest BCUT2D eigenvalue weighted by atomic mass is 31.1. The fourth-order valence-electron chi connectivity index (χ4n) is 2.88. The van der Waals surface area contributed by atoms with Gasteiger partial charge >= 0.3 is 0 Å². The quantitative estimate of drug-likeness (QED) is 0.758. The van der Waals surface area contributed by atoms with Crippen LogP contribution in [-0.2, 0) is 4.74 Å². The largest absolute Gasteiger partial charge is 0.377 e. The lowest BCUT2D eigenvalue weighted by atomic mass is 10.1. The first-order chi connectivity index (χ1) is 10.8. The third-order valence-corrected chi connectivity index (χ3v) is 6.83. The van der Waals surface area contributed by atoms with E-state index in [1.807, 2.05) is 0 Å². The van der Waals surface area contributed by atoms with Crippen molar-refractivity contribution < 1.29 is 4.74 Å². The van der Waals surface area contributed by atoms with Crippen molar-refractivity contribution >= 4 is 18.5 Å². The molecule has 0 aliphatic heterocycles. The van der Waals surface area contributed by atoms with Crippen LogP contribution >= 0.6 is 7.92 Å². The Morgan fingerprint density at radius 1 is 0.909 bits per heavy atom. The van der Waals surface area contributed by atoms with Gasteiger partial charge < -0.3 is 4.74 Å². The van der Waals surface area contributed by atoms with Gasteiger partial charge in [-0.3, -0.25) is 0 Å². The molecule has 2 aromatic carbocycles. The smallest absolute Gasteiger partial charge is 0.0765 e. The number of ether oxygens (including phenoxy) is 1.